The van der Waals surface area contributed by atoms with Gasteiger partial charge in [-0.2, -0.15) is 4.31 Å². The van der Waals surface area contributed by atoms with Crippen molar-refractivity contribution in [1.82, 2.24) is 9.62 Å². The SMILES string of the molecule is CC1CN(S(=O)(=O)c2cc(C(=O)NCC3(c4ccccc4)CCC3)ccc2Cl)CC(C)O1. The minimum Gasteiger partial charge on any atom is -0.373 e. The van der Waals surface area contributed by atoms with Crippen molar-refractivity contribution in [2.24, 2.45) is 0 Å². The average Bonchev–Trinajstić information content (AvgIpc) is 2.73. The first-order valence-corrected chi connectivity index (χ1v) is 12.8. The Balaban J connectivity index is 1.53. The number of hydrogen-bond donors (Lipinski definition) is 1. The van der Waals surface area contributed by atoms with Gasteiger partial charge in [-0.25, -0.2) is 8.42 Å². The molecule has 172 valence electrons. The number of halogens is 1. The number of amides is 1. The number of nitrogens with zero attached hydrogens (tertiary/aromatic N) is 1. The predicted octanol–water partition coefficient (Wildman–Crippen LogP) is 3.99. The van der Waals surface area contributed by atoms with Crippen LogP contribution in [0.3, 0.4) is 0 Å². The number of carbonyl (C=O) groups excluding carboxylic acids is 1. The minimum absolute atomic E-state index is 0.0467. The molecule has 0 radical (unpaired) electrons. The maximum atomic E-state index is 13.3. The van der Waals surface area contributed by atoms with Crippen molar-refractivity contribution in [3.05, 3.63) is 64.7 Å². The van der Waals surface area contributed by atoms with Crippen LogP contribution in [0.5, 0.6) is 0 Å². The lowest BCUT2D eigenvalue weighted by molar-refractivity contribution is -0.0440. The molecule has 2 atom stereocenters. The molecule has 1 N–H and O–H groups in total. The standard InChI is InChI=1S/C24H29ClN2O4S/c1-17-14-27(15-18(2)31-17)32(29,30)22-13-19(9-10-21(22)25)23(28)26-16-24(11-6-12-24)20-7-4-3-5-8-20/h3-5,7-10,13,17-18H,6,11-12,14-16H2,1-2H3,(H,26,28). The topological polar surface area (TPSA) is 75.7 Å². The van der Waals surface area contributed by atoms with Gasteiger partial charge in [0.15, 0.2) is 0 Å². The van der Waals surface area contributed by atoms with Gasteiger partial charge in [0.1, 0.15) is 4.90 Å². The lowest BCUT2D eigenvalue weighted by Crippen LogP contribution is -2.48. The lowest BCUT2D eigenvalue weighted by atomic mass is 9.64. The summed E-state index contributed by atoms with van der Waals surface area (Å²) in [5, 5.41) is 3.13. The maximum absolute atomic E-state index is 13.3. The Morgan fingerprint density at radius 2 is 1.78 bits per heavy atom. The summed E-state index contributed by atoms with van der Waals surface area (Å²) in [6, 6.07) is 14.6. The van der Waals surface area contributed by atoms with Crippen LogP contribution >= 0.6 is 11.6 Å². The van der Waals surface area contributed by atoms with Crippen LogP contribution in [0, 0.1) is 0 Å². The summed E-state index contributed by atoms with van der Waals surface area (Å²) in [7, 11) is -3.85. The molecule has 1 heterocycles. The van der Waals surface area contributed by atoms with Crippen molar-refractivity contribution in [3.8, 4) is 0 Å². The highest BCUT2D eigenvalue weighted by atomic mass is 35.5. The van der Waals surface area contributed by atoms with Gasteiger partial charge < -0.3 is 10.1 Å². The van der Waals surface area contributed by atoms with Gasteiger partial charge in [0.2, 0.25) is 10.0 Å². The summed E-state index contributed by atoms with van der Waals surface area (Å²) < 4.78 is 33.6. The summed E-state index contributed by atoms with van der Waals surface area (Å²) in [6.07, 6.45) is 2.74. The molecule has 2 unspecified atom stereocenters. The quantitative estimate of drug-likeness (QED) is 0.684. The first-order valence-electron chi connectivity index (χ1n) is 11.0. The molecule has 0 spiro atoms. The molecule has 32 heavy (non-hydrogen) atoms. The van der Waals surface area contributed by atoms with E-state index in [1.807, 2.05) is 32.0 Å². The summed E-state index contributed by atoms with van der Waals surface area (Å²) in [6.45, 7) is 4.69. The monoisotopic (exact) mass is 476 g/mol. The Morgan fingerprint density at radius 1 is 1.12 bits per heavy atom. The van der Waals surface area contributed by atoms with Crippen LogP contribution in [0.15, 0.2) is 53.4 Å². The van der Waals surface area contributed by atoms with Crippen LogP contribution in [0.25, 0.3) is 0 Å². The van der Waals surface area contributed by atoms with Crippen LogP contribution in [-0.4, -0.2) is 50.5 Å². The molecule has 1 saturated heterocycles. The third kappa shape index (κ3) is 4.57. The molecule has 2 aromatic rings. The van der Waals surface area contributed by atoms with Gasteiger partial charge in [-0.3, -0.25) is 4.79 Å². The van der Waals surface area contributed by atoms with Crippen LogP contribution in [0.1, 0.15) is 49.0 Å². The summed E-state index contributed by atoms with van der Waals surface area (Å²) in [5.74, 6) is -0.302. The second-order valence-electron chi connectivity index (χ2n) is 8.91. The van der Waals surface area contributed by atoms with Crippen molar-refractivity contribution in [2.45, 2.75) is 55.6 Å². The Labute approximate surface area is 195 Å². The number of benzene rings is 2. The van der Waals surface area contributed by atoms with Gasteiger partial charge >= 0.3 is 0 Å². The van der Waals surface area contributed by atoms with E-state index in [1.165, 1.54) is 22.0 Å². The number of sulfonamides is 1. The molecule has 0 aromatic heterocycles. The van der Waals surface area contributed by atoms with Crippen LogP contribution in [0.2, 0.25) is 5.02 Å². The fourth-order valence-corrected chi connectivity index (χ4v) is 6.71. The largest absolute Gasteiger partial charge is 0.373 e. The molecule has 0 bridgehead atoms. The second-order valence-corrected chi connectivity index (χ2v) is 11.2. The van der Waals surface area contributed by atoms with Gasteiger partial charge in [-0.1, -0.05) is 48.4 Å². The van der Waals surface area contributed by atoms with E-state index in [0.29, 0.717) is 6.54 Å². The molecule has 2 fully saturated rings. The van der Waals surface area contributed by atoms with Crippen LogP contribution in [0.4, 0.5) is 0 Å². The highest BCUT2D eigenvalue weighted by Gasteiger charge is 2.39. The third-order valence-electron chi connectivity index (χ3n) is 6.48. The van der Waals surface area contributed by atoms with E-state index >= 15 is 0 Å². The molecule has 8 heteroatoms. The highest BCUT2D eigenvalue weighted by Crippen LogP contribution is 2.43. The van der Waals surface area contributed by atoms with Gasteiger partial charge in [0.25, 0.3) is 5.91 Å². The van der Waals surface area contributed by atoms with Crippen molar-refractivity contribution in [2.75, 3.05) is 19.6 Å². The Kier molecular flexibility index (Phi) is 6.63. The number of hydrogen-bond acceptors (Lipinski definition) is 4. The van der Waals surface area contributed by atoms with E-state index < -0.39 is 10.0 Å². The third-order valence-corrected chi connectivity index (χ3v) is 8.79. The molecule has 1 amide bonds. The van der Waals surface area contributed by atoms with E-state index in [0.717, 1.165) is 19.3 Å². The number of ether oxygens (including phenoxy) is 1. The van der Waals surface area contributed by atoms with Gasteiger partial charge in [-0.15, -0.1) is 0 Å². The van der Waals surface area contributed by atoms with E-state index in [2.05, 4.69) is 17.4 Å². The number of nitrogens with one attached hydrogen (secondary N) is 1. The average molecular weight is 477 g/mol. The van der Waals surface area contributed by atoms with Crippen LogP contribution < -0.4 is 5.32 Å². The minimum atomic E-state index is -3.85. The molecule has 1 aliphatic heterocycles. The fraction of sp³-hybridized carbons (Fsp3) is 0.458. The Hall–Kier alpha value is -1.93. The smallest absolute Gasteiger partial charge is 0.251 e. The first-order chi connectivity index (χ1) is 15.2. The molecular weight excluding hydrogens is 448 g/mol. The highest BCUT2D eigenvalue weighted by molar-refractivity contribution is 7.89. The Bertz CT molecular complexity index is 1080. The molecule has 6 nitrogen and oxygen atoms in total. The zero-order valence-electron chi connectivity index (χ0n) is 18.4. The summed E-state index contributed by atoms with van der Waals surface area (Å²) in [5.41, 5.74) is 1.45. The zero-order chi connectivity index (χ0) is 22.9. The van der Waals surface area contributed by atoms with Crippen molar-refractivity contribution < 1.29 is 17.9 Å². The first kappa shape index (κ1) is 23.2. The van der Waals surface area contributed by atoms with E-state index in [9.17, 15) is 13.2 Å². The maximum Gasteiger partial charge on any atom is 0.251 e. The molecular formula is C24H29ClN2O4S. The second kappa shape index (κ2) is 9.14. The number of carbonyl (C=O) groups is 1. The van der Waals surface area contributed by atoms with Gasteiger partial charge in [0.05, 0.1) is 17.2 Å². The molecule has 1 aliphatic carbocycles. The van der Waals surface area contributed by atoms with E-state index in [-0.39, 0.29) is 52.1 Å². The number of rotatable bonds is 6. The molecule has 1 saturated carbocycles. The molecule has 2 aliphatic rings. The normalized spacial score (nSPS) is 23.3. The molecule has 2 aromatic carbocycles. The molecule has 4 rings (SSSR count). The van der Waals surface area contributed by atoms with E-state index in [1.54, 1.807) is 6.07 Å². The lowest BCUT2D eigenvalue weighted by Gasteiger charge is -2.42. The van der Waals surface area contributed by atoms with Crippen molar-refractivity contribution >= 4 is 27.5 Å². The van der Waals surface area contributed by atoms with Gasteiger partial charge in [0, 0.05) is 30.6 Å². The fourth-order valence-electron chi connectivity index (χ4n) is 4.62. The van der Waals surface area contributed by atoms with Crippen molar-refractivity contribution in [1.29, 1.82) is 0 Å². The summed E-state index contributed by atoms with van der Waals surface area (Å²) in [4.78, 5) is 12.9. The van der Waals surface area contributed by atoms with Crippen LogP contribution in [-0.2, 0) is 20.2 Å². The van der Waals surface area contributed by atoms with Crippen molar-refractivity contribution in [3.63, 3.8) is 0 Å². The number of morpholine rings is 1. The Morgan fingerprint density at radius 3 is 2.38 bits per heavy atom. The summed E-state index contributed by atoms with van der Waals surface area (Å²) >= 11 is 6.27. The zero-order valence-corrected chi connectivity index (χ0v) is 20.0. The van der Waals surface area contributed by atoms with E-state index in [4.69, 9.17) is 16.3 Å². The predicted molar refractivity (Wildman–Crippen MR) is 125 cm³/mol. The van der Waals surface area contributed by atoms with Gasteiger partial charge in [-0.05, 0) is 50.5 Å².